The number of hydrogen-bond donors (Lipinski definition) is 3. The molecule has 1 unspecified atom stereocenters. The molecular weight excluding hydrogens is 259 g/mol. The van der Waals surface area contributed by atoms with Crippen LogP contribution in [0.4, 0.5) is 18.9 Å². The van der Waals surface area contributed by atoms with E-state index in [2.05, 4.69) is 5.32 Å². The highest BCUT2D eigenvalue weighted by atomic mass is 19.4. The van der Waals surface area contributed by atoms with Gasteiger partial charge in [0.25, 0.3) is 5.91 Å². The molecule has 0 aliphatic rings. The van der Waals surface area contributed by atoms with Gasteiger partial charge in [-0.1, -0.05) is 6.92 Å². The Kier molecular flexibility index (Phi) is 4.77. The first-order valence-electron chi connectivity index (χ1n) is 5.78. The van der Waals surface area contributed by atoms with E-state index in [-0.39, 0.29) is 17.3 Å². The Morgan fingerprint density at radius 1 is 1.42 bits per heavy atom. The Morgan fingerprint density at radius 3 is 2.53 bits per heavy atom. The van der Waals surface area contributed by atoms with Crippen LogP contribution in [0.15, 0.2) is 18.2 Å². The maximum atomic E-state index is 12.8. The van der Waals surface area contributed by atoms with E-state index in [1.165, 1.54) is 6.07 Å². The molecule has 0 saturated carbocycles. The summed E-state index contributed by atoms with van der Waals surface area (Å²) in [6, 6.07) is 3.11. The molecule has 1 aromatic carbocycles. The van der Waals surface area contributed by atoms with Crippen molar-refractivity contribution in [2.45, 2.75) is 32.5 Å². The standard InChI is InChI=1S/C12H16F3N3O/c1-3-7(2)17-11(19)8-4-5-10(18-16)9(6-8)12(13,14)15/h4-7,18H,3,16H2,1-2H3,(H,17,19). The second kappa shape index (κ2) is 5.92. The third kappa shape index (κ3) is 3.85. The van der Waals surface area contributed by atoms with E-state index < -0.39 is 17.6 Å². The minimum Gasteiger partial charge on any atom is -0.350 e. The summed E-state index contributed by atoms with van der Waals surface area (Å²) in [5, 5.41) is 2.60. The highest BCUT2D eigenvalue weighted by Gasteiger charge is 2.34. The average Bonchev–Trinajstić information content (AvgIpc) is 2.36. The molecule has 4 nitrogen and oxygen atoms in total. The van der Waals surface area contributed by atoms with E-state index in [1.54, 1.807) is 6.92 Å². The lowest BCUT2D eigenvalue weighted by molar-refractivity contribution is -0.137. The maximum absolute atomic E-state index is 12.8. The summed E-state index contributed by atoms with van der Waals surface area (Å²) in [7, 11) is 0. The van der Waals surface area contributed by atoms with Crippen molar-refractivity contribution in [1.82, 2.24) is 5.32 Å². The number of anilines is 1. The van der Waals surface area contributed by atoms with Crippen molar-refractivity contribution < 1.29 is 18.0 Å². The van der Waals surface area contributed by atoms with E-state index in [1.807, 2.05) is 12.3 Å². The molecule has 106 valence electrons. The first kappa shape index (κ1) is 15.3. The lowest BCUT2D eigenvalue weighted by Crippen LogP contribution is -2.32. The third-order valence-corrected chi connectivity index (χ3v) is 2.73. The van der Waals surface area contributed by atoms with Crippen LogP contribution in [-0.2, 0) is 6.18 Å². The molecule has 0 heterocycles. The van der Waals surface area contributed by atoms with Crippen molar-refractivity contribution in [3.05, 3.63) is 29.3 Å². The lowest BCUT2D eigenvalue weighted by atomic mass is 10.1. The van der Waals surface area contributed by atoms with Gasteiger partial charge in [-0.3, -0.25) is 10.6 Å². The average molecular weight is 275 g/mol. The van der Waals surface area contributed by atoms with Gasteiger partial charge in [0.05, 0.1) is 11.3 Å². The number of rotatable bonds is 4. The number of nitrogens with one attached hydrogen (secondary N) is 2. The van der Waals surface area contributed by atoms with Gasteiger partial charge in [-0.2, -0.15) is 13.2 Å². The van der Waals surface area contributed by atoms with Gasteiger partial charge in [-0.25, -0.2) is 0 Å². The number of amides is 1. The number of alkyl halides is 3. The molecule has 0 spiro atoms. The molecule has 7 heteroatoms. The Bertz CT molecular complexity index is 460. The first-order chi connectivity index (χ1) is 8.79. The molecule has 0 aliphatic heterocycles. The summed E-state index contributed by atoms with van der Waals surface area (Å²) in [5.74, 6) is 4.49. The molecule has 0 radical (unpaired) electrons. The SMILES string of the molecule is CCC(C)NC(=O)c1ccc(NN)c(C(F)(F)F)c1. The fourth-order valence-electron chi connectivity index (χ4n) is 1.46. The molecule has 0 aliphatic carbocycles. The molecule has 1 amide bonds. The number of carbonyl (C=O) groups is 1. The van der Waals surface area contributed by atoms with Crippen LogP contribution < -0.4 is 16.6 Å². The minimum absolute atomic E-state index is 0.0494. The number of hydrogen-bond acceptors (Lipinski definition) is 3. The summed E-state index contributed by atoms with van der Waals surface area (Å²) in [6.45, 7) is 3.64. The smallest absolute Gasteiger partial charge is 0.350 e. The fraction of sp³-hybridized carbons (Fsp3) is 0.417. The van der Waals surface area contributed by atoms with Crippen molar-refractivity contribution in [1.29, 1.82) is 0 Å². The Labute approximate surface area is 109 Å². The summed E-state index contributed by atoms with van der Waals surface area (Å²) < 4.78 is 38.3. The quantitative estimate of drug-likeness (QED) is 0.584. The predicted octanol–water partition coefficient (Wildman–Crippen LogP) is 2.52. The highest BCUT2D eigenvalue weighted by molar-refractivity contribution is 5.95. The molecule has 0 bridgehead atoms. The lowest BCUT2D eigenvalue weighted by Gasteiger charge is -2.15. The van der Waals surface area contributed by atoms with Crippen LogP contribution in [0.1, 0.15) is 36.2 Å². The van der Waals surface area contributed by atoms with Gasteiger partial charge in [0, 0.05) is 11.6 Å². The third-order valence-electron chi connectivity index (χ3n) is 2.73. The number of hydrazine groups is 1. The number of nitrogens with two attached hydrogens (primary N) is 1. The predicted molar refractivity (Wildman–Crippen MR) is 66.5 cm³/mol. The van der Waals surface area contributed by atoms with Crippen LogP contribution in [0.25, 0.3) is 0 Å². The normalized spacial score (nSPS) is 12.9. The van der Waals surface area contributed by atoms with E-state index in [4.69, 9.17) is 5.84 Å². The van der Waals surface area contributed by atoms with E-state index >= 15 is 0 Å². The van der Waals surface area contributed by atoms with Crippen LogP contribution in [0.2, 0.25) is 0 Å². The fourth-order valence-corrected chi connectivity index (χ4v) is 1.46. The monoisotopic (exact) mass is 275 g/mol. The second-order valence-corrected chi connectivity index (χ2v) is 4.19. The van der Waals surface area contributed by atoms with Gasteiger partial charge in [0.15, 0.2) is 0 Å². The van der Waals surface area contributed by atoms with Gasteiger partial charge in [-0.05, 0) is 31.5 Å². The summed E-state index contributed by atoms with van der Waals surface area (Å²) in [5.41, 5.74) is 0.682. The van der Waals surface area contributed by atoms with Crippen LogP contribution in [0, 0.1) is 0 Å². The zero-order valence-electron chi connectivity index (χ0n) is 10.6. The van der Waals surface area contributed by atoms with Gasteiger partial charge < -0.3 is 10.7 Å². The van der Waals surface area contributed by atoms with Crippen LogP contribution in [0.3, 0.4) is 0 Å². The number of halogens is 3. The molecular formula is C12H16F3N3O. The van der Waals surface area contributed by atoms with Crippen molar-refractivity contribution in [3.63, 3.8) is 0 Å². The minimum atomic E-state index is -4.58. The van der Waals surface area contributed by atoms with Crippen molar-refractivity contribution in [2.24, 2.45) is 5.84 Å². The summed E-state index contributed by atoms with van der Waals surface area (Å²) in [4.78, 5) is 11.8. The number of nitrogen functional groups attached to an aromatic ring is 1. The molecule has 4 N–H and O–H groups in total. The number of benzene rings is 1. The topological polar surface area (TPSA) is 67.2 Å². The van der Waals surface area contributed by atoms with Crippen LogP contribution in [-0.4, -0.2) is 11.9 Å². The molecule has 0 aromatic heterocycles. The molecule has 0 saturated heterocycles. The van der Waals surface area contributed by atoms with Gasteiger partial charge >= 0.3 is 6.18 Å². The summed E-state index contributed by atoms with van der Waals surface area (Å²) in [6.07, 6.45) is -3.88. The van der Waals surface area contributed by atoms with Crippen molar-refractivity contribution in [2.75, 3.05) is 5.43 Å². The van der Waals surface area contributed by atoms with E-state index in [9.17, 15) is 18.0 Å². The van der Waals surface area contributed by atoms with Gasteiger partial charge in [0.2, 0.25) is 0 Å². The summed E-state index contributed by atoms with van der Waals surface area (Å²) >= 11 is 0. The van der Waals surface area contributed by atoms with Crippen molar-refractivity contribution in [3.8, 4) is 0 Å². The Balaban J connectivity index is 3.08. The zero-order valence-corrected chi connectivity index (χ0v) is 10.6. The second-order valence-electron chi connectivity index (χ2n) is 4.19. The highest BCUT2D eigenvalue weighted by Crippen LogP contribution is 2.35. The maximum Gasteiger partial charge on any atom is 0.418 e. The first-order valence-corrected chi connectivity index (χ1v) is 5.78. The molecule has 0 fully saturated rings. The van der Waals surface area contributed by atoms with Gasteiger partial charge in [-0.15, -0.1) is 0 Å². The van der Waals surface area contributed by atoms with Crippen molar-refractivity contribution >= 4 is 11.6 Å². The Hall–Kier alpha value is -1.76. The molecule has 19 heavy (non-hydrogen) atoms. The Morgan fingerprint density at radius 2 is 2.05 bits per heavy atom. The van der Waals surface area contributed by atoms with E-state index in [0.717, 1.165) is 12.1 Å². The van der Waals surface area contributed by atoms with E-state index in [0.29, 0.717) is 6.42 Å². The largest absolute Gasteiger partial charge is 0.418 e. The zero-order chi connectivity index (χ0) is 14.6. The van der Waals surface area contributed by atoms with Crippen LogP contribution in [0.5, 0.6) is 0 Å². The molecule has 1 aromatic rings. The molecule has 1 atom stereocenters. The van der Waals surface area contributed by atoms with Crippen LogP contribution >= 0.6 is 0 Å². The van der Waals surface area contributed by atoms with Gasteiger partial charge in [0.1, 0.15) is 0 Å². The number of carbonyl (C=O) groups excluding carboxylic acids is 1. The molecule has 1 rings (SSSR count).